The second kappa shape index (κ2) is 5.87. The number of hydrogen-bond donors (Lipinski definition) is 2. The first-order valence-corrected chi connectivity index (χ1v) is 5.21. The maximum absolute atomic E-state index is 12.7. The fourth-order valence-corrected chi connectivity index (χ4v) is 1.34. The van der Waals surface area contributed by atoms with Crippen LogP contribution in [0.25, 0.3) is 0 Å². The Hall–Kier alpha value is -1.83. The lowest BCUT2D eigenvalue weighted by Gasteiger charge is -2.18. The number of alkyl halides is 4. The lowest BCUT2D eigenvalue weighted by molar-refractivity contribution is -0.253. The molecule has 8 heteroatoms. The van der Waals surface area contributed by atoms with Crippen LogP contribution in [0.5, 0.6) is 5.75 Å². The fourth-order valence-electron chi connectivity index (χ4n) is 1.34. The second-order valence-electron chi connectivity index (χ2n) is 3.81. The van der Waals surface area contributed by atoms with Gasteiger partial charge in [0.1, 0.15) is 5.75 Å². The summed E-state index contributed by atoms with van der Waals surface area (Å²) in [7, 11) is 0. The van der Waals surface area contributed by atoms with E-state index in [0.29, 0.717) is 0 Å². The highest BCUT2D eigenvalue weighted by atomic mass is 19.3. The van der Waals surface area contributed by atoms with Crippen LogP contribution in [0.2, 0.25) is 0 Å². The van der Waals surface area contributed by atoms with E-state index in [4.69, 9.17) is 11.5 Å². The Bertz CT molecular complexity index is 454. The molecule has 0 fully saturated rings. The largest absolute Gasteiger partial charge is 0.461 e. The predicted octanol–water partition coefficient (Wildman–Crippen LogP) is 1.80. The number of halogens is 4. The number of benzene rings is 1. The van der Waals surface area contributed by atoms with E-state index in [0.717, 1.165) is 12.1 Å². The molecule has 0 radical (unpaired) electrons. The SMILES string of the molecule is NC(=O)CC(N)c1cccc(OC(F)(F)C(F)F)c1. The number of carbonyl (C=O) groups excluding carboxylic acids is 1. The Labute approximate surface area is 106 Å². The summed E-state index contributed by atoms with van der Waals surface area (Å²) in [5.74, 6) is -1.14. The summed E-state index contributed by atoms with van der Waals surface area (Å²) in [5, 5.41) is 0. The summed E-state index contributed by atoms with van der Waals surface area (Å²) in [6.07, 6.45) is -8.74. The van der Waals surface area contributed by atoms with Crippen molar-refractivity contribution in [2.75, 3.05) is 0 Å². The minimum atomic E-state index is -4.59. The number of rotatable bonds is 6. The molecular formula is C11H12F4N2O2. The predicted molar refractivity (Wildman–Crippen MR) is 58.8 cm³/mol. The van der Waals surface area contributed by atoms with Crippen LogP contribution in [0.3, 0.4) is 0 Å². The number of amides is 1. The highest BCUT2D eigenvalue weighted by Crippen LogP contribution is 2.29. The van der Waals surface area contributed by atoms with Crippen LogP contribution >= 0.6 is 0 Å². The van der Waals surface area contributed by atoms with Crippen LogP contribution in [-0.4, -0.2) is 18.4 Å². The Morgan fingerprint density at radius 1 is 1.37 bits per heavy atom. The van der Waals surface area contributed by atoms with E-state index < -0.39 is 30.2 Å². The Morgan fingerprint density at radius 3 is 2.53 bits per heavy atom. The van der Waals surface area contributed by atoms with Gasteiger partial charge in [0.15, 0.2) is 0 Å². The first-order chi connectivity index (χ1) is 8.72. The van der Waals surface area contributed by atoms with Gasteiger partial charge in [0.25, 0.3) is 0 Å². The molecule has 106 valence electrons. The standard InChI is InChI=1S/C11H12F4N2O2/c12-10(13)11(14,15)19-7-3-1-2-6(4-7)8(16)5-9(17)18/h1-4,8,10H,5,16H2,(H2,17,18). The Morgan fingerprint density at radius 2 is 2.00 bits per heavy atom. The van der Waals surface area contributed by atoms with Gasteiger partial charge >= 0.3 is 12.5 Å². The van der Waals surface area contributed by atoms with Crippen LogP contribution in [0.1, 0.15) is 18.0 Å². The van der Waals surface area contributed by atoms with Crippen LogP contribution < -0.4 is 16.2 Å². The maximum Gasteiger partial charge on any atom is 0.461 e. The third-order valence-corrected chi connectivity index (χ3v) is 2.22. The molecular weight excluding hydrogens is 268 g/mol. The van der Waals surface area contributed by atoms with E-state index in [1.807, 2.05) is 0 Å². The average Bonchev–Trinajstić information content (AvgIpc) is 2.27. The lowest BCUT2D eigenvalue weighted by atomic mass is 10.0. The highest BCUT2D eigenvalue weighted by Gasteiger charge is 2.44. The molecule has 0 aliphatic carbocycles. The second-order valence-corrected chi connectivity index (χ2v) is 3.81. The van der Waals surface area contributed by atoms with Gasteiger partial charge < -0.3 is 16.2 Å². The summed E-state index contributed by atoms with van der Waals surface area (Å²) in [4.78, 5) is 10.7. The van der Waals surface area contributed by atoms with Crippen LogP contribution in [0.4, 0.5) is 17.6 Å². The zero-order valence-corrected chi connectivity index (χ0v) is 9.65. The van der Waals surface area contributed by atoms with Gasteiger partial charge in [-0.15, -0.1) is 0 Å². The minimum Gasteiger partial charge on any atom is -0.428 e. The summed E-state index contributed by atoms with van der Waals surface area (Å²) >= 11 is 0. The minimum absolute atomic E-state index is 0.200. The van der Waals surface area contributed by atoms with Gasteiger partial charge in [0.05, 0.1) is 0 Å². The molecule has 4 N–H and O–H groups in total. The molecule has 0 aliphatic rings. The van der Waals surface area contributed by atoms with Crippen molar-refractivity contribution in [3.63, 3.8) is 0 Å². The topological polar surface area (TPSA) is 78.3 Å². The van der Waals surface area contributed by atoms with Gasteiger partial charge in [-0.1, -0.05) is 12.1 Å². The molecule has 0 heterocycles. The normalized spacial score (nSPS) is 13.4. The number of ether oxygens (including phenoxy) is 1. The molecule has 0 bridgehead atoms. The van der Waals surface area contributed by atoms with E-state index in [2.05, 4.69) is 4.74 Å². The summed E-state index contributed by atoms with van der Waals surface area (Å²) < 4.78 is 53.2. The van der Waals surface area contributed by atoms with Crippen molar-refractivity contribution >= 4 is 5.91 Å². The fraction of sp³-hybridized carbons (Fsp3) is 0.364. The summed E-state index contributed by atoms with van der Waals surface area (Å²) in [5.41, 5.74) is 10.8. The first-order valence-electron chi connectivity index (χ1n) is 5.21. The molecule has 0 saturated carbocycles. The number of primary amides is 1. The molecule has 1 amide bonds. The Kier molecular flexibility index (Phi) is 4.71. The molecule has 1 unspecified atom stereocenters. The molecule has 0 aromatic heterocycles. The third kappa shape index (κ3) is 4.40. The van der Waals surface area contributed by atoms with Gasteiger partial charge in [-0.3, -0.25) is 4.79 Å². The molecule has 1 aromatic carbocycles. The van der Waals surface area contributed by atoms with Crippen molar-refractivity contribution in [1.82, 2.24) is 0 Å². The summed E-state index contributed by atoms with van der Waals surface area (Å²) in [6.45, 7) is 0. The van der Waals surface area contributed by atoms with Crippen LogP contribution in [0.15, 0.2) is 24.3 Å². The maximum atomic E-state index is 12.7. The van der Waals surface area contributed by atoms with Gasteiger partial charge in [-0.05, 0) is 17.7 Å². The molecule has 0 spiro atoms. The molecule has 4 nitrogen and oxygen atoms in total. The van der Waals surface area contributed by atoms with Gasteiger partial charge in [0, 0.05) is 12.5 Å². The Balaban J connectivity index is 2.86. The molecule has 1 atom stereocenters. The van der Waals surface area contributed by atoms with Crippen LogP contribution in [0, 0.1) is 0 Å². The average molecular weight is 280 g/mol. The van der Waals surface area contributed by atoms with Crippen molar-refractivity contribution in [2.24, 2.45) is 11.5 Å². The van der Waals surface area contributed by atoms with Crippen molar-refractivity contribution in [2.45, 2.75) is 25.0 Å². The monoisotopic (exact) mass is 280 g/mol. The van der Waals surface area contributed by atoms with E-state index in [-0.39, 0.29) is 12.0 Å². The van der Waals surface area contributed by atoms with Gasteiger partial charge in [-0.25, -0.2) is 0 Å². The van der Waals surface area contributed by atoms with Crippen molar-refractivity contribution < 1.29 is 27.1 Å². The van der Waals surface area contributed by atoms with Crippen LogP contribution in [-0.2, 0) is 4.79 Å². The number of hydrogen-bond acceptors (Lipinski definition) is 3. The van der Waals surface area contributed by atoms with Crippen molar-refractivity contribution in [3.8, 4) is 5.75 Å². The summed E-state index contributed by atoms with van der Waals surface area (Å²) in [6, 6.07) is 4.07. The molecule has 0 aliphatic heterocycles. The number of carbonyl (C=O) groups is 1. The first kappa shape index (κ1) is 15.2. The molecule has 1 rings (SSSR count). The smallest absolute Gasteiger partial charge is 0.428 e. The van der Waals surface area contributed by atoms with Gasteiger partial charge in [-0.2, -0.15) is 17.6 Å². The molecule has 0 saturated heterocycles. The van der Waals surface area contributed by atoms with E-state index >= 15 is 0 Å². The quantitative estimate of drug-likeness (QED) is 0.780. The zero-order chi connectivity index (χ0) is 14.6. The van der Waals surface area contributed by atoms with E-state index in [1.54, 1.807) is 0 Å². The zero-order valence-electron chi connectivity index (χ0n) is 9.65. The van der Waals surface area contributed by atoms with Crippen molar-refractivity contribution in [3.05, 3.63) is 29.8 Å². The highest BCUT2D eigenvalue weighted by molar-refractivity contribution is 5.74. The van der Waals surface area contributed by atoms with E-state index in [9.17, 15) is 22.4 Å². The van der Waals surface area contributed by atoms with Crippen molar-refractivity contribution in [1.29, 1.82) is 0 Å². The van der Waals surface area contributed by atoms with Gasteiger partial charge in [0.2, 0.25) is 5.91 Å². The number of nitrogens with two attached hydrogens (primary N) is 2. The third-order valence-electron chi connectivity index (χ3n) is 2.22. The lowest BCUT2D eigenvalue weighted by Crippen LogP contribution is -2.33. The molecule has 1 aromatic rings. The molecule has 19 heavy (non-hydrogen) atoms. The van der Waals surface area contributed by atoms with E-state index in [1.165, 1.54) is 12.1 Å².